The van der Waals surface area contributed by atoms with Crippen LogP contribution >= 0.6 is 0 Å². The molecule has 0 N–H and O–H groups in total. The third kappa shape index (κ3) is 2.84. The molecule has 2 heterocycles. The van der Waals surface area contributed by atoms with Gasteiger partial charge in [-0.05, 0) is 31.9 Å². The predicted octanol–water partition coefficient (Wildman–Crippen LogP) is 3.11. The Morgan fingerprint density at radius 3 is 2.81 bits per heavy atom. The number of anilines is 1. The lowest BCUT2D eigenvalue weighted by Gasteiger charge is -2.32. The van der Waals surface area contributed by atoms with Gasteiger partial charge < -0.3 is 9.64 Å². The lowest BCUT2D eigenvalue weighted by molar-refractivity contribution is 0.0458. The molecule has 0 unspecified atom stereocenters. The molecule has 1 saturated heterocycles. The van der Waals surface area contributed by atoms with E-state index in [-0.39, 0.29) is 0 Å². The van der Waals surface area contributed by atoms with Crippen molar-refractivity contribution in [1.29, 1.82) is 5.26 Å². The second-order valence-electron chi connectivity index (χ2n) is 5.30. The van der Waals surface area contributed by atoms with E-state index < -0.39 is 0 Å². The van der Waals surface area contributed by atoms with Crippen LogP contribution in [0.15, 0.2) is 30.3 Å². The van der Waals surface area contributed by atoms with Crippen molar-refractivity contribution in [3.05, 3.63) is 35.9 Å². The van der Waals surface area contributed by atoms with Gasteiger partial charge in [0.1, 0.15) is 5.82 Å². The van der Waals surface area contributed by atoms with E-state index in [0.29, 0.717) is 11.7 Å². The van der Waals surface area contributed by atoms with Gasteiger partial charge in [0.2, 0.25) is 0 Å². The van der Waals surface area contributed by atoms with Crippen LogP contribution in [0.5, 0.6) is 0 Å². The first kappa shape index (κ1) is 13.8. The summed E-state index contributed by atoms with van der Waals surface area (Å²) >= 11 is 0. The molecule has 0 bridgehead atoms. The van der Waals surface area contributed by atoms with E-state index >= 15 is 0 Å². The number of benzene rings is 1. The van der Waals surface area contributed by atoms with Gasteiger partial charge in [-0.2, -0.15) is 5.26 Å². The predicted molar refractivity (Wildman–Crippen MR) is 83.3 cm³/mol. The Morgan fingerprint density at radius 2 is 2.10 bits per heavy atom. The number of hydrogen-bond donors (Lipinski definition) is 0. The maximum Gasteiger partial charge on any atom is 0.130 e. The number of rotatable bonds is 3. The van der Waals surface area contributed by atoms with Crippen LogP contribution in [0, 0.1) is 11.3 Å². The SMILES string of the molecule is CCOC1CCN(c2cc(C#N)c3ccccc3n2)CC1. The molecule has 2 aromatic rings. The summed E-state index contributed by atoms with van der Waals surface area (Å²) in [7, 11) is 0. The van der Waals surface area contributed by atoms with Crippen molar-refractivity contribution in [2.45, 2.75) is 25.9 Å². The molecule has 1 aliphatic heterocycles. The third-order valence-corrected chi connectivity index (χ3v) is 3.99. The summed E-state index contributed by atoms with van der Waals surface area (Å²) in [5.41, 5.74) is 1.58. The van der Waals surface area contributed by atoms with Crippen molar-refractivity contribution in [1.82, 2.24) is 4.98 Å². The third-order valence-electron chi connectivity index (χ3n) is 3.99. The molecule has 1 aliphatic rings. The van der Waals surface area contributed by atoms with Crippen molar-refractivity contribution in [3.8, 4) is 6.07 Å². The molecule has 21 heavy (non-hydrogen) atoms. The van der Waals surface area contributed by atoms with Crippen LogP contribution in [0.25, 0.3) is 10.9 Å². The molecule has 1 aromatic carbocycles. The summed E-state index contributed by atoms with van der Waals surface area (Å²) in [6.45, 7) is 4.68. The first-order valence-electron chi connectivity index (χ1n) is 7.48. The number of fused-ring (bicyclic) bond motifs is 1. The lowest BCUT2D eigenvalue weighted by atomic mass is 10.1. The monoisotopic (exact) mass is 281 g/mol. The molecular formula is C17H19N3O. The Hall–Kier alpha value is -2.12. The zero-order chi connectivity index (χ0) is 14.7. The van der Waals surface area contributed by atoms with E-state index in [2.05, 4.69) is 11.0 Å². The summed E-state index contributed by atoms with van der Waals surface area (Å²) in [5, 5.41) is 10.3. The van der Waals surface area contributed by atoms with E-state index in [1.807, 2.05) is 37.3 Å². The molecular weight excluding hydrogens is 262 g/mol. The van der Waals surface area contributed by atoms with E-state index in [4.69, 9.17) is 9.72 Å². The van der Waals surface area contributed by atoms with Gasteiger partial charge in [0.05, 0.1) is 23.3 Å². The average molecular weight is 281 g/mol. The van der Waals surface area contributed by atoms with Crippen molar-refractivity contribution >= 4 is 16.7 Å². The number of nitriles is 1. The van der Waals surface area contributed by atoms with Crippen LogP contribution < -0.4 is 4.90 Å². The molecule has 108 valence electrons. The molecule has 1 aromatic heterocycles. The van der Waals surface area contributed by atoms with Crippen LogP contribution in [0.1, 0.15) is 25.3 Å². The van der Waals surface area contributed by atoms with E-state index in [9.17, 15) is 5.26 Å². The second kappa shape index (κ2) is 6.11. The fourth-order valence-electron chi connectivity index (χ4n) is 2.90. The summed E-state index contributed by atoms with van der Waals surface area (Å²) in [4.78, 5) is 6.97. The highest BCUT2D eigenvalue weighted by atomic mass is 16.5. The smallest absolute Gasteiger partial charge is 0.130 e. The molecule has 4 nitrogen and oxygen atoms in total. The first-order valence-corrected chi connectivity index (χ1v) is 7.48. The van der Waals surface area contributed by atoms with Gasteiger partial charge in [0.15, 0.2) is 0 Å². The summed E-state index contributed by atoms with van der Waals surface area (Å²) in [6, 6.07) is 12.0. The second-order valence-corrected chi connectivity index (χ2v) is 5.30. The maximum absolute atomic E-state index is 9.35. The standard InChI is InChI=1S/C17H19N3O/c1-2-21-14-7-9-20(10-8-14)17-11-13(12-18)15-5-3-4-6-16(15)19-17/h3-6,11,14H,2,7-10H2,1H3. The van der Waals surface area contributed by atoms with Crippen LogP contribution in [0.4, 0.5) is 5.82 Å². The zero-order valence-electron chi connectivity index (χ0n) is 12.2. The molecule has 0 spiro atoms. The van der Waals surface area contributed by atoms with Gasteiger partial charge >= 0.3 is 0 Å². The van der Waals surface area contributed by atoms with Gasteiger partial charge in [0, 0.05) is 25.1 Å². The summed E-state index contributed by atoms with van der Waals surface area (Å²) < 4.78 is 5.68. The average Bonchev–Trinajstić information content (AvgIpc) is 2.55. The van der Waals surface area contributed by atoms with Crippen molar-refractivity contribution in [2.24, 2.45) is 0 Å². The van der Waals surface area contributed by atoms with Crippen LogP contribution in [0.3, 0.4) is 0 Å². The minimum Gasteiger partial charge on any atom is -0.378 e. The normalized spacial score (nSPS) is 16.1. The number of hydrogen-bond acceptors (Lipinski definition) is 4. The van der Waals surface area contributed by atoms with E-state index in [0.717, 1.165) is 49.3 Å². The summed E-state index contributed by atoms with van der Waals surface area (Å²) in [6.07, 6.45) is 2.40. The highest BCUT2D eigenvalue weighted by Crippen LogP contribution is 2.25. The Balaban J connectivity index is 1.87. The molecule has 0 aliphatic carbocycles. The minimum atomic E-state index is 0.363. The molecule has 1 fully saturated rings. The van der Waals surface area contributed by atoms with Crippen molar-refractivity contribution in [2.75, 3.05) is 24.6 Å². The quantitative estimate of drug-likeness (QED) is 0.867. The topological polar surface area (TPSA) is 49.1 Å². The van der Waals surface area contributed by atoms with Gasteiger partial charge in [-0.1, -0.05) is 18.2 Å². The van der Waals surface area contributed by atoms with Gasteiger partial charge in [0.25, 0.3) is 0 Å². The minimum absolute atomic E-state index is 0.363. The van der Waals surface area contributed by atoms with Gasteiger partial charge in [-0.25, -0.2) is 4.98 Å². The van der Waals surface area contributed by atoms with Crippen LogP contribution in [0.2, 0.25) is 0 Å². The number of aromatic nitrogens is 1. The van der Waals surface area contributed by atoms with Crippen LogP contribution in [-0.2, 0) is 4.74 Å². The molecule has 4 heteroatoms. The van der Waals surface area contributed by atoms with Gasteiger partial charge in [-0.15, -0.1) is 0 Å². The lowest BCUT2D eigenvalue weighted by Crippen LogP contribution is -2.37. The molecule has 0 atom stereocenters. The number of nitrogens with zero attached hydrogens (tertiary/aromatic N) is 3. The Kier molecular flexibility index (Phi) is 4.03. The fraction of sp³-hybridized carbons (Fsp3) is 0.412. The zero-order valence-corrected chi connectivity index (χ0v) is 12.2. The highest BCUT2D eigenvalue weighted by molar-refractivity contribution is 5.86. The summed E-state index contributed by atoms with van der Waals surface area (Å²) in [5.74, 6) is 0.903. The van der Waals surface area contributed by atoms with Crippen molar-refractivity contribution < 1.29 is 4.74 Å². The van der Waals surface area contributed by atoms with E-state index in [1.165, 1.54) is 0 Å². The Morgan fingerprint density at radius 1 is 1.33 bits per heavy atom. The largest absolute Gasteiger partial charge is 0.378 e. The van der Waals surface area contributed by atoms with Crippen LogP contribution in [-0.4, -0.2) is 30.8 Å². The maximum atomic E-state index is 9.35. The van der Waals surface area contributed by atoms with E-state index in [1.54, 1.807) is 0 Å². The van der Waals surface area contributed by atoms with Gasteiger partial charge in [-0.3, -0.25) is 0 Å². The number of para-hydroxylation sites is 1. The fourth-order valence-corrected chi connectivity index (χ4v) is 2.90. The molecule has 0 radical (unpaired) electrons. The molecule has 0 amide bonds. The molecule has 0 saturated carbocycles. The first-order chi connectivity index (χ1) is 10.3. The Labute approximate surface area is 125 Å². The Bertz CT molecular complexity index is 669. The number of pyridine rings is 1. The molecule has 3 rings (SSSR count). The number of piperidine rings is 1. The number of ether oxygens (including phenoxy) is 1. The van der Waals surface area contributed by atoms with Crippen molar-refractivity contribution in [3.63, 3.8) is 0 Å². The highest BCUT2D eigenvalue weighted by Gasteiger charge is 2.21.